The molecular weight excluding hydrogens is 412 g/mol. The van der Waals surface area contributed by atoms with Crippen LogP contribution >= 0.6 is 27.3 Å². The largest absolute Gasteiger partial charge is 0.353 e. The fourth-order valence-electron chi connectivity index (χ4n) is 2.92. The quantitative estimate of drug-likeness (QED) is 0.518. The number of rotatable bonds is 6. The summed E-state index contributed by atoms with van der Waals surface area (Å²) in [5.74, 6) is 0. The van der Waals surface area contributed by atoms with Crippen molar-refractivity contribution >= 4 is 43.8 Å². The molecule has 1 aliphatic rings. The second kappa shape index (κ2) is 7.94. The van der Waals surface area contributed by atoms with Crippen LogP contribution in [0.5, 0.6) is 0 Å². The summed E-state index contributed by atoms with van der Waals surface area (Å²) >= 11 is 4.49. The van der Waals surface area contributed by atoms with Crippen molar-refractivity contribution in [1.82, 2.24) is 9.13 Å². The number of halogens is 1. The minimum absolute atomic E-state index is 0.190. The number of hydrogen-bond donors (Lipinski definition) is 0. The smallest absolute Gasteiger partial charge is 0.331 e. The molecule has 0 amide bonds. The Morgan fingerprint density at radius 2 is 2.20 bits per heavy atom. The number of carbonyl (C=O) groups excluding carboxylic acids is 1. The van der Waals surface area contributed by atoms with E-state index in [2.05, 4.69) is 15.9 Å². The van der Waals surface area contributed by atoms with Crippen molar-refractivity contribution < 1.29 is 14.3 Å². The number of ether oxygens (including phenoxy) is 2. The Kier molecular flexibility index (Phi) is 5.88. The van der Waals surface area contributed by atoms with E-state index in [0.717, 1.165) is 19.3 Å². The molecule has 0 aliphatic carbocycles. The molecule has 9 heteroatoms. The number of aldehydes is 1. The highest BCUT2D eigenvalue weighted by Crippen LogP contribution is 2.31. The standard InChI is InChI=1S/C16H19BrN2O5S/c1-18-15-12(10(9-20)13(17)25-15)14(21)19(16(18)22)6-4-8-24-11-5-2-3-7-23-11/h9,11H,2-8H2,1H3. The third-order valence-corrected chi connectivity index (χ3v) is 6.23. The highest BCUT2D eigenvalue weighted by atomic mass is 79.9. The monoisotopic (exact) mass is 430 g/mol. The zero-order chi connectivity index (χ0) is 18.0. The minimum Gasteiger partial charge on any atom is -0.353 e. The Hall–Kier alpha value is -1.29. The SMILES string of the molecule is Cn1c(=O)n(CCCOC2CCCCO2)c(=O)c2c(C=O)c(Br)sc21. The van der Waals surface area contributed by atoms with Crippen LogP contribution in [-0.4, -0.2) is 34.9 Å². The summed E-state index contributed by atoms with van der Waals surface area (Å²) in [4.78, 5) is 37.0. The van der Waals surface area contributed by atoms with Crippen molar-refractivity contribution in [1.29, 1.82) is 0 Å². The Bertz CT molecular complexity index is 895. The molecule has 1 aliphatic heterocycles. The first-order chi connectivity index (χ1) is 12.0. The van der Waals surface area contributed by atoms with E-state index in [0.29, 0.717) is 40.1 Å². The third-order valence-electron chi connectivity index (χ3n) is 4.25. The lowest BCUT2D eigenvalue weighted by molar-refractivity contribution is -0.163. The van der Waals surface area contributed by atoms with Gasteiger partial charge in [-0.25, -0.2) is 4.79 Å². The van der Waals surface area contributed by atoms with Gasteiger partial charge in [0, 0.05) is 20.2 Å². The molecule has 136 valence electrons. The average Bonchev–Trinajstić information content (AvgIpc) is 2.96. The number of nitrogens with zero attached hydrogens (tertiary/aromatic N) is 2. The lowest BCUT2D eigenvalue weighted by Gasteiger charge is -2.22. The van der Waals surface area contributed by atoms with Gasteiger partial charge in [-0.15, -0.1) is 11.3 Å². The Balaban J connectivity index is 1.80. The van der Waals surface area contributed by atoms with Gasteiger partial charge in [-0.05, 0) is 41.6 Å². The topological polar surface area (TPSA) is 79.5 Å². The van der Waals surface area contributed by atoms with Gasteiger partial charge in [0.25, 0.3) is 5.56 Å². The third kappa shape index (κ3) is 3.64. The van der Waals surface area contributed by atoms with Gasteiger partial charge in [-0.3, -0.25) is 18.7 Å². The molecule has 7 nitrogen and oxygen atoms in total. The summed E-state index contributed by atoms with van der Waals surface area (Å²) in [7, 11) is 1.60. The molecular formula is C16H19BrN2O5S. The first kappa shape index (κ1) is 18.5. The molecule has 1 fully saturated rings. The van der Waals surface area contributed by atoms with Gasteiger partial charge in [-0.1, -0.05) is 0 Å². The van der Waals surface area contributed by atoms with Crippen LogP contribution < -0.4 is 11.2 Å². The maximum Gasteiger partial charge on any atom is 0.331 e. The zero-order valence-corrected chi connectivity index (χ0v) is 16.2. The molecule has 0 N–H and O–H groups in total. The summed E-state index contributed by atoms with van der Waals surface area (Å²) < 4.78 is 14.3. The van der Waals surface area contributed by atoms with Gasteiger partial charge in [0.15, 0.2) is 12.6 Å². The first-order valence-corrected chi connectivity index (χ1v) is 9.75. The van der Waals surface area contributed by atoms with Crippen molar-refractivity contribution in [2.24, 2.45) is 7.05 Å². The van der Waals surface area contributed by atoms with Gasteiger partial charge in [0.05, 0.1) is 21.3 Å². The number of carbonyl (C=O) groups is 1. The van der Waals surface area contributed by atoms with Crippen LogP contribution in [0.4, 0.5) is 0 Å². The van der Waals surface area contributed by atoms with Crippen molar-refractivity contribution in [3.05, 3.63) is 30.2 Å². The maximum absolute atomic E-state index is 12.7. The van der Waals surface area contributed by atoms with E-state index in [4.69, 9.17) is 9.47 Å². The molecule has 1 saturated heterocycles. The van der Waals surface area contributed by atoms with Crippen LogP contribution in [0.25, 0.3) is 10.2 Å². The van der Waals surface area contributed by atoms with E-state index < -0.39 is 11.2 Å². The molecule has 0 spiro atoms. The van der Waals surface area contributed by atoms with Gasteiger partial charge < -0.3 is 9.47 Å². The summed E-state index contributed by atoms with van der Waals surface area (Å²) in [5, 5.41) is 0.283. The predicted molar refractivity (Wildman–Crippen MR) is 98.6 cm³/mol. The normalized spacial score (nSPS) is 17.9. The van der Waals surface area contributed by atoms with Gasteiger partial charge in [0.1, 0.15) is 4.83 Å². The van der Waals surface area contributed by atoms with Gasteiger partial charge in [-0.2, -0.15) is 0 Å². The molecule has 0 radical (unpaired) electrons. The molecule has 1 atom stereocenters. The number of thiophene rings is 1. The predicted octanol–water partition coefficient (Wildman–Crippen LogP) is 2.27. The summed E-state index contributed by atoms with van der Waals surface area (Å²) in [6, 6.07) is 0. The van der Waals surface area contributed by atoms with E-state index in [1.54, 1.807) is 7.05 Å². The summed E-state index contributed by atoms with van der Waals surface area (Å²) in [5.41, 5.74) is -0.533. The molecule has 0 bridgehead atoms. The Morgan fingerprint density at radius 3 is 2.88 bits per heavy atom. The summed E-state index contributed by atoms with van der Waals surface area (Å²) in [6.45, 7) is 1.36. The fraction of sp³-hybridized carbons (Fsp3) is 0.562. The van der Waals surface area contributed by atoms with Crippen LogP contribution in [0.2, 0.25) is 0 Å². The van der Waals surface area contributed by atoms with E-state index >= 15 is 0 Å². The van der Waals surface area contributed by atoms with E-state index in [-0.39, 0.29) is 18.2 Å². The molecule has 2 aromatic heterocycles. The Labute approximate surface area is 156 Å². The zero-order valence-electron chi connectivity index (χ0n) is 13.8. The highest BCUT2D eigenvalue weighted by molar-refractivity contribution is 9.11. The fourth-order valence-corrected chi connectivity index (χ4v) is 4.62. The van der Waals surface area contributed by atoms with Gasteiger partial charge in [0.2, 0.25) is 0 Å². The lowest BCUT2D eigenvalue weighted by atomic mass is 10.2. The molecule has 0 saturated carbocycles. The summed E-state index contributed by atoms with van der Waals surface area (Å²) in [6.07, 6.45) is 3.98. The number of hydrogen-bond acceptors (Lipinski definition) is 6. The van der Waals surface area contributed by atoms with Crippen molar-refractivity contribution in [3.63, 3.8) is 0 Å². The first-order valence-electron chi connectivity index (χ1n) is 8.14. The molecule has 25 heavy (non-hydrogen) atoms. The van der Waals surface area contributed by atoms with Crippen LogP contribution in [0.3, 0.4) is 0 Å². The van der Waals surface area contributed by atoms with Crippen molar-refractivity contribution in [2.45, 2.75) is 38.5 Å². The molecule has 0 aromatic carbocycles. The molecule has 3 rings (SSSR count). The maximum atomic E-state index is 12.7. The lowest BCUT2D eigenvalue weighted by Crippen LogP contribution is -2.39. The van der Waals surface area contributed by atoms with Crippen LogP contribution in [-0.2, 0) is 23.1 Å². The Morgan fingerprint density at radius 1 is 1.40 bits per heavy atom. The second-order valence-corrected chi connectivity index (χ2v) is 8.22. The van der Waals surface area contributed by atoms with Crippen molar-refractivity contribution in [3.8, 4) is 0 Å². The number of aryl methyl sites for hydroxylation is 1. The van der Waals surface area contributed by atoms with Gasteiger partial charge >= 0.3 is 5.69 Å². The van der Waals surface area contributed by atoms with Crippen LogP contribution in [0, 0.1) is 0 Å². The van der Waals surface area contributed by atoms with E-state index in [1.165, 1.54) is 20.5 Å². The van der Waals surface area contributed by atoms with E-state index in [9.17, 15) is 14.4 Å². The average molecular weight is 431 g/mol. The number of fused-ring (bicyclic) bond motifs is 1. The molecule has 3 heterocycles. The second-order valence-electron chi connectivity index (χ2n) is 5.91. The van der Waals surface area contributed by atoms with Crippen molar-refractivity contribution in [2.75, 3.05) is 13.2 Å². The van der Waals surface area contributed by atoms with Crippen LogP contribution in [0.1, 0.15) is 36.0 Å². The van der Waals surface area contributed by atoms with E-state index in [1.807, 2.05) is 0 Å². The molecule has 1 unspecified atom stereocenters. The molecule has 2 aromatic rings. The minimum atomic E-state index is -0.434. The highest BCUT2D eigenvalue weighted by Gasteiger charge is 2.19. The van der Waals surface area contributed by atoms with Crippen LogP contribution in [0.15, 0.2) is 13.4 Å². The number of aromatic nitrogens is 2.